The van der Waals surface area contributed by atoms with Crippen LogP contribution in [0, 0.1) is 6.92 Å². The van der Waals surface area contributed by atoms with E-state index in [-0.39, 0.29) is 6.04 Å². The second-order valence-corrected chi connectivity index (χ2v) is 5.74. The first kappa shape index (κ1) is 13.9. The number of hydrogen-bond acceptors (Lipinski definition) is 3. The van der Waals surface area contributed by atoms with Crippen LogP contribution in [-0.2, 0) is 7.05 Å². The number of fused-ring (bicyclic) bond motifs is 1. The van der Waals surface area contributed by atoms with Crippen LogP contribution < -0.4 is 5.32 Å². The van der Waals surface area contributed by atoms with E-state index in [4.69, 9.17) is 11.6 Å². The van der Waals surface area contributed by atoms with E-state index in [0.29, 0.717) is 5.02 Å². The molecule has 0 spiro atoms. The number of benzene rings is 1. The zero-order chi connectivity index (χ0) is 15.0. The standard InChI is InChI=1S/C16H17ClN4/c1-10-6-16(19-11(2)12-8-18-21(3)9-12)20-15-7-13(17)4-5-14(10)15/h4-9,11H,1-3H3,(H,19,20). The third kappa shape index (κ3) is 2.85. The number of rotatable bonds is 3. The molecule has 0 radical (unpaired) electrons. The molecule has 2 heterocycles. The maximum absolute atomic E-state index is 6.06. The molecule has 21 heavy (non-hydrogen) atoms. The normalized spacial score (nSPS) is 12.6. The number of nitrogens with zero attached hydrogens (tertiary/aromatic N) is 3. The van der Waals surface area contributed by atoms with Crippen molar-refractivity contribution in [1.29, 1.82) is 0 Å². The fourth-order valence-electron chi connectivity index (χ4n) is 2.42. The van der Waals surface area contributed by atoms with E-state index < -0.39 is 0 Å². The van der Waals surface area contributed by atoms with Crippen molar-refractivity contribution in [3.63, 3.8) is 0 Å². The highest BCUT2D eigenvalue weighted by Crippen LogP contribution is 2.25. The average molecular weight is 301 g/mol. The molecule has 2 aromatic heterocycles. The first-order valence-corrected chi connectivity index (χ1v) is 7.23. The highest BCUT2D eigenvalue weighted by molar-refractivity contribution is 6.31. The van der Waals surface area contributed by atoms with Gasteiger partial charge >= 0.3 is 0 Å². The van der Waals surface area contributed by atoms with Crippen molar-refractivity contribution in [1.82, 2.24) is 14.8 Å². The fraction of sp³-hybridized carbons (Fsp3) is 0.250. The van der Waals surface area contributed by atoms with Gasteiger partial charge in [0.05, 0.1) is 17.8 Å². The summed E-state index contributed by atoms with van der Waals surface area (Å²) in [7, 11) is 1.91. The van der Waals surface area contributed by atoms with Gasteiger partial charge in [0, 0.05) is 29.2 Å². The number of anilines is 1. The van der Waals surface area contributed by atoms with Gasteiger partial charge in [-0.25, -0.2) is 4.98 Å². The van der Waals surface area contributed by atoms with Gasteiger partial charge < -0.3 is 5.32 Å². The van der Waals surface area contributed by atoms with Gasteiger partial charge in [0.25, 0.3) is 0 Å². The SMILES string of the molecule is Cc1cc(NC(C)c2cnn(C)c2)nc2cc(Cl)ccc12. The third-order valence-electron chi connectivity index (χ3n) is 3.57. The lowest BCUT2D eigenvalue weighted by Crippen LogP contribution is -2.07. The van der Waals surface area contributed by atoms with Crippen LogP contribution in [0.25, 0.3) is 10.9 Å². The van der Waals surface area contributed by atoms with Crippen LogP contribution in [0.15, 0.2) is 36.7 Å². The second-order valence-electron chi connectivity index (χ2n) is 5.30. The average Bonchev–Trinajstić information content (AvgIpc) is 2.85. The zero-order valence-corrected chi connectivity index (χ0v) is 13.0. The molecular formula is C16H17ClN4. The summed E-state index contributed by atoms with van der Waals surface area (Å²) >= 11 is 6.06. The lowest BCUT2D eigenvalue weighted by molar-refractivity contribution is 0.765. The van der Waals surface area contributed by atoms with E-state index in [1.165, 1.54) is 5.56 Å². The van der Waals surface area contributed by atoms with Gasteiger partial charge in [0.2, 0.25) is 0 Å². The van der Waals surface area contributed by atoms with E-state index in [9.17, 15) is 0 Å². The van der Waals surface area contributed by atoms with Crippen LogP contribution in [0.3, 0.4) is 0 Å². The van der Waals surface area contributed by atoms with Crippen LogP contribution in [0.4, 0.5) is 5.82 Å². The number of aryl methyl sites for hydroxylation is 2. The second kappa shape index (κ2) is 5.37. The Morgan fingerprint density at radius 3 is 2.81 bits per heavy atom. The smallest absolute Gasteiger partial charge is 0.127 e. The molecule has 0 aliphatic heterocycles. The summed E-state index contributed by atoms with van der Waals surface area (Å²) in [5.41, 5.74) is 3.21. The van der Waals surface area contributed by atoms with Crippen molar-refractivity contribution in [3.8, 4) is 0 Å². The molecule has 1 N–H and O–H groups in total. The lowest BCUT2D eigenvalue weighted by atomic mass is 10.1. The van der Waals surface area contributed by atoms with Crippen LogP contribution in [-0.4, -0.2) is 14.8 Å². The highest BCUT2D eigenvalue weighted by Gasteiger charge is 2.10. The van der Waals surface area contributed by atoms with Gasteiger partial charge in [-0.05, 0) is 37.6 Å². The molecule has 3 rings (SSSR count). The van der Waals surface area contributed by atoms with Crippen molar-refractivity contribution in [2.24, 2.45) is 7.05 Å². The summed E-state index contributed by atoms with van der Waals surface area (Å²) < 4.78 is 1.80. The van der Waals surface area contributed by atoms with Crippen molar-refractivity contribution in [2.75, 3.05) is 5.32 Å². The Morgan fingerprint density at radius 2 is 2.10 bits per heavy atom. The van der Waals surface area contributed by atoms with E-state index in [1.807, 2.05) is 37.6 Å². The Bertz CT molecular complexity index is 794. The maximum Gasteiger partial charge on any atom is 0.127 e. The van der Waals surface area contributed by atoms with Crippen LogP contribution >= 0.6 is 11.6 Å². The molecule has 0 bridgehead atoms. The summed E-state index contributed by atoms with van der Waals surface area (Å²) in [5.74, 6) is 0.846. The van der Waals surface area contributed by atoms with E-state index in [2.05, 4.69) is 35.3 Å². The van der Waals surface area contributed by atoms with E-state index in [0.717, 1.165) is 22.3 Å². The molecule has 1 aromatic carbocycles. The van der Waals surface area contributed by atoms with Crippen molar-refractivity contribution < 1.29 is 0 Å². The summed E-state index contributed by atoms with van der Waals surface area (Å²) in [6.07, 6.45) is 3.87. The van der Waals surface area contributed by atoms with E-state index in [1.54, 1.807) is 4.68 Å². The lowest BCUT2D eigenvalue weighted by Gasteiger charge is -2.14. The topological polar surface area (TPSA) is 42.7 Å². The van der Waals surface area contributed by atoms with Gasteiger partial charge in [0.15, 0.2) is 0 Å². The summed E-state index contributed by atoms with van der Waals surface area (Å²) in [4.78, 5) is 4.65. The van der Waals surface area contributed by atoms with Crippen molar-refractivity contribution in [3.05, 3.63) is 52.8 Å². The van der Waals surface area contributed by atoms with Crippen molar-refractivity contribution in [2.45, 2.75) is 19.9 Å². The molecule has 0 aliphatic carbocycles. The Hall–Kier alpha value is -2.07. The minimum absolute atomic E-state index is 0.141. The molecule has 0 saturated heterocycles. The van der Waals surface area contributed by atoms with Crippen molar-refractivity contribution >= 4 is 28.3 Å². The third-order valence-corrected chi connectivity index (χ3v) is 3.80. The van der Waals surface area contributed by atoms with Gasteiger partial charge in [-0.3, -0.25) is 4.68 Å². The molecule has 1 atom stereocenters. The molecule has 0 fully saturated rings. The predicted octanol–water partition coefficient (Wildman–Crippen LogP) is 4.10. The molecule has 1 unspecified atom stereocenters. The maximum atomic E-state index is 6.06. The molecule has 3 aromatic rings. The number of halogens is 1. The molecule has 5 heteroatoms. The van der Waals surface area contributed by atoms with Gasteiger partial charge in [-0.1, -0.05) is 17.7 Å². The largest absolute Gasteiger partial charge is 0.363 e. The Morgan fingerprint density at radius 1 is 1.29 bits per heavy atom. The Labute approximate surface area is 128 Å². The molecule has 108 valence electrons. The van der Waals surface area contributed by atoms with Crippen LogP contribution in [0.1, 0.15) is 24.1 Å². The molecule has 0 aliphatic rings. The van der Waals surface area contributed by atoms with Crippen LogP contribution in [0.5, 0.6) is 0 Å². The number of aromatic nitrogens is 3. The minimum Gasteiger partial charge on any atom is -0.363 e. The number of hydrogen-bond donors (Lipinski definition) is 1. The summed E-state index contributed by atoms with van der Waals surface area (Å²) in [5, 5.41) is 9.44. The summed E-state index contributed by atoms with van der Waals surface area (Å²) in [6.45, 7) is 4.17. The first-order chi connectivity index (χ1) is 10.0. The van der Waals surface area contributed by atoms with Crippen LogP contribution in [0.2, 0.25) is 5.02 Å². The predicted molar refractivity (Wildman–Crippen MR) is 86.7 cm³/mol. The number of pyridine rings is 1. The summed E-state index contributed by atoms with van der Waals surface area (Å²) in [6, 6.07) is 7.99. The zero-order valence-electron chi connectivity index (χ0n) is 12.3. The fourth-order valence-corrected chi connectivity index (χ4v) is 2.58. The first-order valence-electron chi connectivity index (χ1n) is 6.85. The monoisotopic (exact) mass is 300 g/mol. The molecular weight excluding hydrogens is 284 g/mol. The molecule has 0 amide bonds. The molecule has 4 nitrogen and oxygen atoms in total. The molecule has 0 saturated carbocycles. The quantitative estimate of drug-likeness (QED) is 0.792. The highest BCUT2D eigenvalue weighted by atomic mass is 35.5. The van der Waals surface area contributed by atoms with Gasteiger partial charge in [-0.15, -0.1) is 0 Å². The van der Waals surface area contributed by atoms with Gasteiger partial charge in [0.1, 0.15) is 5.82 Å². The Kier molecular flexibility index (Phi) is 3.55. The van der Waals surface area contributed by atoms with Gasteiger partial charge in [-0.2, -0.15) is 5.10 Å². The van der Waals surface area contributed by atoms with E-state index >= 15 is 0 Å². The Balaban J connectivity index is 1.93. The number of nitrogens with one attached hydrogen (secondary N) is 1. The minimum atomic E-state index is 0.141.